The number of carbonyl (C=O) groups is 2. The Balaban J connectivity index is 1.76. The second-order valence-corrected chi connectivity index (χ2v) is 5.76. The number of fused-ring (bicyclic) bond motifs is 3. The smallest absolute Gasteiger partial charge is 0.337 e. The van der Waals surface area contributed by atoms with Crippen molar-refractivity contribution < 1.29 is 14.3 Å². The highest BCUT2D eigenvalue weighted by atomic mass is 16.5. The van der Waals surface area contributed by atoms with Crippen molar-refractivity contribution in [3.63, 3.8) is 0 Å². The Morgan fingerprint density at radius 1 is 1.22 bits per heavy atom. The van der Waals surface area contributed by atoms with Crippen LogP contribution >= 0.6 is 0 Å². The third kappa shape index (κ3) is 2.42. The number of aromatic nitrogens is 2. The van der Waals surface area contributed by atoms with E-state index in [1.807, 2.05) is 12.1 Å². The molecule has 116 valence electrons. The third-order valence-corrected chi connectivity index (χ3v) is 4.10. The minimum absolute atomic E-state index is 0.0321. The lowest BCUT2D eigenvalue weighted by Gasteiger charge is -2.03. The number of amides is 1. The highest BCUT2D eigenvalue weighted by Crippen LogP contribution is 2.31. The molecule has 1 aliphatic rings. The predicted octanol–water partition coefficient (Wildman–Crippen LogP) is 2.85. The normalized spacial score (nSPS) is 14.1. The van der Waals surface area contributed by atoms with E-state index in [1.54, 1.807) is 18.3 Å². The van der Waals surface area contributed by atoms with E-state index in [9.17, 15) is 9.59 Å². The number of carbonyl (C=O) groups excluding carboxylic acids is 2. The van der Waals surface area contributed by atoms with Gasteiger partial charge in [-0.1, -0.05) is 6.07 Å². The van der Waals surface area contributed by atoms with Crippen molar-refractivity contribution in [2.75, 3.05) is 12.4 Å². The minimum Gasteiger partial charge on any atom is -0.465 e. The Hall–Kier alpha value is -2.89. The van der Waals surface area contributed by atoms with Gasteiger partial charge in [-0.3, -0.25) is 4.79 Å². The maximum Gasteiger partial charge on any atom is 0.337 e. The summed E-state index contributed by atoms with van der Waals surface area (Å²) in [7, 11) is 1.36. The highest BCUT2D eigenvalue weighted by Gasteiger charge is 2.29. The molecule has 2 N–H and O–H groups in total. The summed E-state index contributed by atoms with van der Waals surface area (Å²) in [6.07, 6.45) is 3.60. The van der Waals surface area contributed by atoms with Gasteiger partial charge in [-0.05, 0) is 31.0 Å². The predicted molar refractivity (Wildman–Crippen MR) is 86.3 cm³/mol. The maximum atomic E-state index is 11.9. The number of methoxy groups -OCH3 is 1. The van der Waals surface area contributed by atoms with Crippen molar-refractivity contribution in [1.29, 1.82) is 0 Å². The van der Waals surface area contributed by atoms with E-state index in [0.717, 1.165) is 34.6 Å². The molecule has 0 spiro atoms. The number of hydrogen-bond acceptors (Lipinski definition) is 4. The van der Waals surface area contributed by atoms with Gasteiger partial charge in [-0.2, -0.15) is 0 Å². The lowest BCUT2D eigenvalue weighted by Crippen LogP contribution is -2.14. The number of esters is 1. The van der Waals surface area contributed by atoms with Crippen molar-refractivity contribution in [2.24, 2.45) is 5.92 Å². The van der Waals surface area contributed by atoms with E-state index >= 15 is 0 Å². The van der Waals surface area contributed by atoms with Crippen LogP contribution in [-0.4, -0.2) is 29.0 Å². The van der Waals surface area contributed by atoms with Crippen LogP contribution in [0.3, 0.4) is 0 Å². The van der Waals surface area contributed by atoms with Crippen LogP contribution in [0.15, 0.2) is 30.5 Å². The second-order valence-electron chi connectivity index (χ2n) is 5.76. The van der Waals surface area contributed by atoms with Gasteiger partial charge in [0.05, 0.1) is 24.4 Å². The first-order valence-corrected chi connectivity index (χ1v) is 7.46. The summed E-state index contributed by atoms with van der Waals surface area (Å²) >= 11 is 0. The van der Waals surface area contributed by atoms with E-state index in [0.29, 0.717) is 11.4 Å². The van der Waals surface area contributed by atoms with Crippen LogP contribution in [0.5, 0.6) is 0 Å². The number of anilines is 1. The molecular formula is C17H15N3O3. The number of benzene rings is 1. The van der Waals surface area contributed by atoms with Gasteiger partial charge in [-0.15, -0.1) is 0 Å². The van der Waals surface area contributed by atoms with Gasteiger partial charge >= 0.3 is 5.97 Å². The topological polar surface area (TPSA) is 84.1 Å². The van der Waals surface area contributed by atoms with Crippen LogP contribution in [0.4, 0.5) is 5.82 Å². The maximum absolute atomic E-state index is 11.9. The summed E-state index contributed by atoms with van der Waals surface area (Å²) in [4.78, 5) is 31.0. The summed E-state index contributed by atoms with van der Waals surface area (Å²) in [5, 5.41) is 4.78. The number of ether oxygens (including phenoxy) is 1. The number of aromatic amines is 1. The number of hydrogen-bond donors (Lipinski definition) is 2. The standard InChI is InChI=1S/C17H15N3O3/c1-23-17(22)10-4-5-11-12-7-15(20-16(21)9-2-3-9)18-8-14(12)19-13(11)6-10/h4-9,19H,2-3H2,1H3,(H,18,20,21). The average molecular weight is 309 g/mol. The third-order valence-electron chi connectivity index (χ3n) is 4.10. The summed E-state index contributed by atoms with van der Waals surface area (Å²) < 4.78 is 4.74. The molecule has 6 nitrogen and oxygen atoms in total. The second kappa shape index (κ2) is 5.08. The molecule has 6 heteroatoms. The molecule has 1 aliphatic carbocycles. The fraction of sp³-hybridized carbons (Fsp3) is 0.235. The zero-order valence-corrected chi connectivity index (χ0v) is 12.6. The first-order chi connectivity index (χ1) is 11.2. The molecule has 1 aromatic carbocycles. The molecule has 2 aromatic heterocycles. The molecule has 1 amide bonds. The number of nitrogens with zero attached hydrogens (tertiary/aromatic N) is 1. The first kappa shape index (κ1) is 13.8. The van der Waals surface area contributed by atoms with E-state index in [1.165, 1.54) is 7.11 Å². The Bertz CT molecular complexity index is 941. The molecule has 0 unspecified atom stereocenters. The van der Waals surface area contributed by atoms with Gasteiger partial charge in [0.15, 0.2) is 0 Å². The summed E-state index contributed by atoms with van der Waals surface area (Å²) in [5.74, 6) is 0.344. The molecule has 1 fully saturated rings. The molecule has 0 saturated heterocycles. The summed E-state index contributed by atoms with van der Waals surface area (Å²) in [5.41, 5.74) is 2.17. The Labute approximate surface area is 131 Å². The molecule has 4 rings (SSSR count). The van der Waals surface area contributed by atoms with Crippen LogP contribution < -0.4 is 5.32 Å². The van der Waals surface area contributed by atoms with Gasteiger partial charge in [0.2, 0.25) is 5.91 Å². The molecule has 0 aliphatic heterocycles. The number of nitrogens with one attached hydrogen (secondary N) is 2. The average Bonchev–Trinajstić information content (AvgIpc) is 3.35. The molecule has 0 atom stereocenters. The fourth-order valence-corrected chi connectivity index (χ4v) is 2.69. The van der Waals surface area contributed by atoms with Gasteiger partial charge < -0.3 is 15.0 Å². The molecule has 0 radical (unpaired) electrons. The van der Waals surface area contributed by atoms with Crippen LogP contribution in [0.1, 0.15) is 23.2 Å². The van der Waals surface area contributed by atoms with Crippen molar-refractivity contribution in [3.05, 3.63) is 36.0 Å². The van der Waals surface area contributed by atoms with Gasteiger partial charge in [0, 0.05) is 22.2 Å². The van der Waals surface area contributed by atoms with Crippen molar-refractivity contribution in [3.8, 4) is 0 Å². The SMILES string of the molecule is COC(=O)c1ccc2c(c1)[nH]c1cnc(NC(=O)C3CC3)cc12. The van der Waals surface area contributed by atoms with E-state index in [4.69, 9.17) is 4.74 Å². The summed E-state index contributed by atoms with van der Waals surface area (Å²) in [6.45, 7) is 0. The van der Waals surface area contributed by atoms with Crippen LogP contribution in [0.25, 0.3) is 21.8 Å². The number of pyridine rings is 1. The van der Waals surface area contributed by atoms with E-state index in [2.05, 4.69) is 15.3 Å². The lowest BCUT2D eigenvalue weighted by atomic mass is 10.1. The molecule has 1 saturated carbocycles. The van der Waals surface area contributed by atoms with Crippen LogP contribution in [0, 0.1) is 5.92 Å². The van der Waals surface area contributed by atoms with E-state index in [-0.39, 0.29) is 17.8 Å². The highest BCUT2D eigenvalue weighted by molar-refractivity contribution is 6.10. The Morgan fingerprint density at radius 2 is 2.04 bits per heavy atom. The monoisotopic (exact) mass is 309 g/mol. The zero-order chi connectivity index (χ0) is 16.0. The number of H-pyrrole nitrogens is 1. The molecule has 23 heavy (non-hydrogen) atoms. The Morgan fingerprint density at radius 3 is 2.78 bits per heavy atom. The minimum atomic E-state index is -0.374. The zero-order valence-electron chi connectivity index (χ0n) is 12.6. The van der Waals surface area contributed by atoms with Gasteiger partial charge in [-0.25, -0.2) is 9.78 Å². The quantitative estimate of drug-likeness (QED) is 0.729. The molecule has 0 bridgehead atoms. The lowest BCUT2D eigenvalue weighted by molar-refractivity contribution is -0.117. The van der Waals surface area contributed by atoms with Crippen molar-refractivity contribution in [2.45, 2.75) is 12.8 Å². The first-order valence-electron chi connectivity index (χ1n) is 7.46. The van der Waals surface area contributed by atoms with Crippen LogP contribution in [0.2, 0.25) is 0 Å². The molecular weight excluding hydrogens is 294 g/mol. The van der Waals surface area contributed by atoms with Crippen LogP contribution in [-0.2, 0) is 9.53 Å². The van der Waals surface area contributed by atoms with Crippen molar-refractivity contribution >= 4 is 39.5 Å². The fourth-order valence-electron chi connectivity index (χ4n) is 2.69. The summed E-state index contributed by atoms with van der Waals surface area (Å²) in [6, 6.07) is 7.20. The largest absolute Gasteiger partial charge is 0.465 e. The Kier molecular flexibility index (Phi) is 3.04. The van der Waals surface area contributed by atoms with Gasteiger partial charge in [0.25, 0.3) is 0 Å². The molecule has 2 heterocycles. The number of rotatable bonds is 3. The van der Waals surface area contributed by atoms with Gasteiger partial charge in [0.1, 0.15) is 5.82 Å². The molecule has 3 aromatic rings. The van der Waals surface area contributed by atoms with Crippen molar-refractivity contribution in [1.82, 2.24) is 9.97 Å². The van der Waals surface area contributed by atoms with E-state index < -0.39 is 0 Å².